The fourth-order valence-electron chi connectivity index (χ4n) is 2.13. The highest BCUT2D eigenvalue weighted by Crippen LogP contribution is 2.23. The molecule has 0 aliphatic rings. The Morgan fingerprint density at radius 3 is 2.60 bits per heavy atom. The van der Waals surface area contributed by atoms with Gasteiger partial charge < -0.3 is 0 Å². The Balaban J connectivity index is 2.53. The van der Waals surface area contributed by atoms with Crippen LogP contribution in [0.2, 0.25) is 0 Å². The summed E-state index contributed by atoms with van der Waals surface area (Å²) in [4.78, 5) is 0. The second kappa shape index (κ2) is 4.48. The van der Waals surface area contributed by atoms with Gasteiger partial charge in [0.05, 0.1) is 0 Å². The Hall–Kier alpha value is -1.30. The summed E-state index contributed by atoms with van der Waals surface area (Å²) < 4.78 is 0. The second-order valence-corrected chi connectivity index (χ2v) is 4.19. The highest BCUT2D eigenvalue weighted by Gasteiger charge is 2.03. The van der Waals surface area contributed by atoms with Crippen LogP contribution in [-0.4, -0.2) is 0 Å². The summed E-state index contributed by atoms with van der Waals surface area (Å²) in [6.07, 6.45) is 3.77. The van der Waals surface area contributed by atoms with Gasteiger partial charge in [-0.2, -0.15) is 0 Å². The first-order valence-corrected chi connectivity index (χ1v) is 5.80. The fraction of sp³-hybridized carbons (Fsp3) is 0.333. The first-order chi connectivity index (χ1) is 7.33. The molecule has 0 aliphatic carbocycles. The van der Waals surface area contributed by atoms with Gasteiger partial charge in [-0.25, -0.2) is 0 Å². The summed E-state index contributed by atoms with van der Waals surface area (Å²) in [7, 11) is 0. The first kappa shape index (κ1) is 10.2. The van der Waals surface area contributed by atoms with Crippen molar-refractivity contribution in [2.75, 3.05) is 0 Å². The van der Waals surface area contributed by atoms with Gasteiger partial charge in [-0.05, 0) is 41.7 Å². The molecule has 2 aromatic carbocycles. The third-order valence-electron chi connectivity index (χ3n) is 3.06. The zero-order chi connectivity index (χ0) is 10.7. The largest absolute Gasteiger partial charge is 0.0654 e. The molecule has 0 heterocycles. The van der Waals surface area contributed by atoms with Crippen LogP contribution in [0.15, 0.2) is 36.4 Å². The fourth-order valence-corrected chi connectivity index (χ4v) is 2.13. The number of benzene rings is 2. The molecule has 0 nitrogen and oxygen atoms in total. The Bertz CT molecular complexity index is 455. The van der Waals surface area contributed by atoms with Gasteiger partial charge in [0.1, 0.15) is 0 Å². The van der Waals surface area contributed by atoms with Crippen LogP contribution in [-0.2, 0) is 6.42 Å². The summed E-state index contributed by atoms with van der Waals surface area (Å²) in [5, 5.41) is 2.81. The average Bonchev–Trinajstić information content (AvgIpc) is 2.28. The van der Waals surface area contributed by atoms with Crippen LogP contribution < -0.4 is 0 Å². The highest BCUT2D eigenvalue weighted by atomic mass is 14.1. The van der Waals surface area contributed by atoms with Gasteiger partial charge in [0, 0.05) is 0 Å². The van der Waals surface area contributed by atoms with Crippen molar-refractivity contribution in [1.82, 2.24) is 0 Å². The molecular weight excluding hydrogens is 180 g/mol. The molecule has 0 amide bonds. The minimum atomic E-state index is 1.21. The number of hydrogen-bond donors (Lipinski definition) is 0. The molecule has 0 bridgehead atoms. The third-order valence-corrected chi connectivity index (χ3v) is 3.06. The lowest BCUT2D eigenvalue weighted by atomic mass is 9.96. The van der Waals surface area contributed by atoms with Gasteiger partial charge in [-0.15, -0.1) is 0 Å². The van der Waals surface area contributed by atoms with Crippen LogP contribution in [0.1, 0.15) is 30.9 Å². The summed E-state index contributed by atoms with van der Waals surface area (Å²) in [5.41, 5.74) is 2.97. The normalized spacial score (nSPS) is 10.8. The SMILES string of the molecule is CCCCc1c(C)ccc2ccccc12. The molecule has 0 aliphatic heterocycles. The molecule has 0 saturated heterocycles. The van der Waals surface area contributed by atoms with Gasteiger partial charge in [0.25, 0.3) is 0 Å². The molecule has 2 rings (SSSR count). The summed E-state index contributed by atoms with van der Waals surface area (Å²) >= 11 is 0. The van der Waals surface area contributed by atoms with E-state index in [2.05, 4.69) is 50.2 Å². The lowest BCUT2D eigenvalue weighted by molar-refractivity contribution is 0.795. The molecule has 0 heteroatoms. The van der Waals surface area contributed by atoms with Crippen molar-refractivity contribution in [2.45, 2.75) is 33.1 Å². The van der Waals surface area contributed by atoms with Crippen molar-refractivity contribution in [3.05, 3.63) is 47.5 Å². The lowest BCUT2D eigenvalue weighted by Crippen LogP contribution is -1.91. The lowest BCUT2D eigenvalue weighted by Gasteiger charge is -2.09. The van der Waals surface area contributed by atoms with E-state index in [1.54, 1.807) is 0 Å². The number of hydrogen-bond acceptors (Lipinski definition) is 0. The average molecular weight is 198 g/mol. The topological polar surface area (TPSA) is 0 Å². The summed E-state index contributed by atoms with van der Waals surface area (Å²) in [6, 6.07) is 13.2. The number of fused-ring (bicyclic) bond motifs is 1. The molecule has 0 spiro atoms. The smallest absolute Gasteiger partial charge is 0.0149 e. The summed E-state index contributed by atoms with van der Waals surface area (Å²) in [6.45, 7) is 4.47. The maximum absolute atomic E-state index is 2.25. The van der Waals surface area contributed by atoms with Gasteiger partial charge in [0.2, 0.25) is 0 Å². The van der Waals surface area contributed by atoms with Gasteiger partial charge >= 0.3 is 0 Å². The summed E-state index contributed by atoms with van der Waals surface area (Å²) in [5.74, 6) is 0. The van der Waals surface area contributed by atoms with E-state index < -0.39 is 0 Å². The van der Waals surface area contributed by atoms with E-state index in [9.17, 15) is 0 Å². The predicted molar refractivity (Wildman–Crippen MR) is 67.3 cm³/mol. The molecule has 15 heavy (non-hydrogen) atoms. The minimum Gasteiger partial charge on any atom is -0.0654 e. The number of unbranched alkanes of at least 4 members (excludes halogenated alkanes) is 1. The quantitative estimate of drug-likeness (QED) is 0.681. The van der Waals surface area contributed by atoms with Crippen LogP contribution in [0.25, 0.3) is 10.8 Å². The van der Waals surface area contributed by atoms with E-state index in [1.807, 2.05) is 0 Å². The van der Waals surface area contributed by atoms with Crippen molar-refractivity contribution >= 4 is 10.8 Å². The molecule has 0 N–H and O–H groups in total. The monoisotopic (exact) mass is 198 g/mol. The molecule has 0 atom stereocenters. The maximum atomic E-state index is 2.25. The van der Waals surface area contributed by atoms with Crippen LogP contribution >= 0.6 is 0 Å². The molecule has 0 fully saturated rings. The number of rotatable bonds is 3. The molecule has 0 unspecified atom stereocenters. The minimum absolute atomic E-state index is 1.21. The predicted octanol–water partition coefficient (Wildman–Crippen LogP) is 4.49. The maximum Gasteiger partial charge on any atom is -0.0149 e. The standard InChI is InChI=1S/C15H18/c1-3-4-8-14-12(2)10-11-13-7-5-6-9-15(13)14/h5-7,9-11H,3-4,8H2,1-2H3. The van der Waals surface area contributed by atoms with Gasteiger partial charge in [0.15, 0.2) is 0 Å². The molecule has 78 valence electrons. The molecule has 0 radical (unpaired) electrons. The zero-order valence-corrected chi connectivity index (χ0v) is 9.59. The first-order valence-electron chi connectivity index (χ1n) is 5.80. The third kappa shape index (κ3) is 2.04. The molecule has 0 saturated carbocycles. The van der Waals surface area contributed by atoms with Crippen molar-refractivity contribution in [3.63, 3.8) is 0 Å². The van der Waals surface area contributed by atoms with Crippen LogP contribution in [0.3, 0.4) is 0 Å². The van der Waals surface area contributed by atoms with Crippen LogP contribution in [0, 0.1) is 6.92 Å². The molecule has 2 aromatic rings. The van der Waals surface area contributed by atoms with E-state index in [0.717, 1.165) is 0 Å². The van der Waals surface area contributed by atoms with Gasteiger partial charge in [-0.3, -0.25) is 0 Å². The van der Waals surface area contributed by atoms with E-state index in [4.69, 9.17) is 0 Å². The Labute approximate surface area is 91.9 Å². The molecule has 0 aromatic heterocycles. The van der Waals surface area contributed by atoms with Crippen LogP contribution in [0.5, 0.6) is 0 Å². The van der Waals surface area contributed by atoms with Crippen LogP contribution in [0.4, 0.5) is 0 Å². The molecular formula is C15H18. The van der Waals surface area contributed by atoms with Crippen molar-refractivity contribution < 1.29 is 0 Å². The second-order valence-electron chi connectivity index (χ2n) is 4.19. The Morgan fingerprint density at radius 1 is 1.00 bits per heavy atom. The van der Waals surface area contributed by atoms with Gasteiger partial charge in [-0.1, -0.05) is 49.7 Å². The van der Waals surface area contributed by atoms with E-state index in [0.29, 0.717) is 0 Å². The van der Waals surface area contributed by atoms with E-state index in [-0.39, 0.29) is 0 Å². The van der Waals surface area contributed by atoms with Crippen molar-refractivity contribution in [1.29, 1.82) is 0 Å². The van der Waals surface area contributed by atoms with E-state index in [1.165, 1.54) is 41.2 Å². The van der Waals surface area contributed by atoms with E-state index >= 15 is 0 Å². The highest BCUT2D eigenvalue weighted by molar-refractivity contribution is 5.86. The Morgan fingerprint density at radius 2 is 1.80 bits per heavy atom. The Kier molecular flexibility index (Phi) is 3.05. The van der Waals surface area contributed by atoms with Crippen molar-refractivity contribution in [2.24, 2.45) is 0 Å². The zero-order valence-electron chi connectivity index (χ0n) is 9.59. The number of aryl methyl sites for hydroxylation is 2. The van der Waals surface area contributed by atoms with Crippen molar-refractivity contribution in [3.8, 4) is 0 Å².